The van der Waals surface area contributed by atoms with Gasteiger partial charge in [0, 0.05) is 37.6 Å². The van der Waals surface area contributed by atoms with Gasteiger partial charge in [-0.2, -0.15) is 4.98 Å². The van der Waals surface area contributed by atoms with Crippen LogP contribution in [-0.2, 0) is 6.67 Å². The zero-order valence-electron chi connectivity index (χ0n) is 13.6. The molecule has 0 amide bonds. The Hall–Kier alpha value is -2.32. The van der Waals surface area contributed by atoms with Gasteiger partial charge in [0.1, 0.15) is 19.0 Å². The van der Waals surface area contributed by atoms with Crippen molar-refractivity contribution >= 4 is 26.8 Å². The third-order valence-corrected chi connectivity index (χ3v) is 5.15. The van der Waals surface area contributed by atoms with E-state index in [1.807, 2.05) is 18.2 Å². The standard InChI is InChI=1S/C17H18FN5OS/c18-7-12-6-15-16(21-8-12)22-17(25-15)23-5-4-20-9-13(23)11-24-14-2-1-3-19-10-14/h1-3,6,8,10,13,20H,4-5,7,9,11H2. The van der Waals surface area contributed by atoms with Gasteiger partial charge in [-0.05, 0) is 18.2 Å². The van der Waals surface area contributed by atoms with Crippen molar-refractivity contribution in [1.29, 1.82) is 0 Å². The van der Waals surface area contributed by atoms with E-state index in [0.717, 1.165) is 35.2 Å². The van der Waals surface area contributed by atoms with Crippen molar-refractivity contribution in [3.8, 4) is 5.75 Å². The van der Waals surface area contributed by atoms with Crippen molar-refractivity contribution in [2.24, 2.45) is 0 Å². The summed E-state index contributed by atoms with van der Waals surface area (Å²) < 4.78 is 19.6. The van der Waals surface area contributed by atoms with E-state index in [9.17, 15) is 4.39 Å². The number of nitrogens with one attached hydrogen (secondary N) is 1. The average Bonchev–Trinajstić information content (AvgIpc) is 3.10. The lowest BCUT2D eigenvalue weighted by molar-refractivity contribution is 0.266. The number of halogens is 1. The second-order valence-electron chi connectivity index (χ2n) is 5.85. The predicted molar refractivity (Wildman–Crippen MR) is 96.0 cm³/mol. The quantitative estimate of drug-likeness (QED) is 0.755. The smallest absolute Gasteiger partial charge is 0.188 e. The number of pyridine rings is 2. The molecule has 0 bridgehead atoms. The van der Waals surface area contributed by atoms with Crippen molar-refractivity contribution in [3.05, 3.63) is 42.4 Å². The van der Waals surface area contributed by atoms with Crippen LogP contribution in [0.2, 0.25) is 0 Å². The summed E-state index contributed by atoms with van der Waals surface area (Å²) in [7, 11) is 0. The lowest BCUT2D eigenvalue weighted by Gasteiger charge is -2.35. The molecule has 0 spiro atoms. The van der Waals surface area contributed by atoms with Gasteiger partial charge in [0.25, 0.3) is 0 Å². The van der Waals surface area contributed by atoms with Crippen LogP contribution in [0.1, 0.15) is 5.56 Å². The highest BCUT2D eigenvalue weighted by atomic mass is 32.1. The molecule has 1 fully saturated rings. The van der Waals surface area contributed by atoms with Crippen molar-refractivity contribution in [3.63, 3.8) is 0 Å². The van der Waals surface area contributed by atoms with Crippen LogP contribution in [-0.4, -0.2) is 47.2 Å². The molecule has 1 atom stereocenters. The molecular weight excluding hydrogens is 341 g/mol. The molecule has 0 radical (unpaired) electrons. The summed E-state index contributed by atoms with van der Waals surface area (Å²) in [6.07, 6.45) is 4.98. The van der Waals surface area contributed by atoms with Crippen molar-refractivity contribution in [2.45, 2.75) is 12.7 Å². The zero-order chi connectivity index (χ0) is 17.1. The van der Waals surface area contributed by atoms with Gasteiger partial charge in [0.15, 0.2) is 10.8 Å². The van der Waals surface area contributed by atoms with Gasteiger partial charge >= 0.3 is 0 Å². The molecule has 1 aliphatic heterocycles. The van der Waals surface area contributed by atoms with Crippen molar-refractivity contribution in [1.82, 2.24) is 20.3 Å². The van der Waals surface area contributed by atoms with Crippen LogP contribution in [0.25, 0.3) is 10.3 Å². The molecule has 4 rings (SSSR count). The number of hydrogen-bond donors (Lipinski definition) is 1. The molecule has 1 aliphatic rings. The monoisotopic (exact) mass is 359 g/mol. The van der Waals surface area contributed by atoms with Crippen LogP contribution in [0.3, 0.4) is 0 Å². The summed E-state index contributed by atoms with van der Waals surface area (Å²) >= 11 is 1.55. The second kappa shape index (κ2) is 7.28. The largest absolute Gasteiger partial charge is 0.490 e. The van der Waals surface area contributed by atoms with Gasteiger partial charge in [-0.3, -0.25) is 4.98 Å². The second-order valence-corrected chi connectivity index (χ2v) is 6.86. The van der Waals surface area contributed by atoms with Crippen LogP contribution < -0.4 is 15.0 Å². The van der Waals surface area contributed by atoms with E-state index < -0.39 is 6.67 Å². The summed E-state index contributed by atoms with van der Waals surface area (Å²) in [5.74, 6) is 0.756. The lowest BCUT2D eigenvalue weighted by atomic mass is 10.2. The van der Waals surface area contributed by atoms with Gasteiger partial charge in [-0.15, -0.1) is 0 Å². The van der Waals surface area contributed by atoms with Crippen molar-refractivity contribution < 1.29 is 9.13 Å². The molecule has 1 saturated heterocycles. The summed E-state index contributed by atoms with van der Waals surface area (Å²) in [6, 6.07) is 5.74. The molecule has 4 heterocycles. The minimum Gasteiger partial charge on any atom is -0.490 e. The minimum atomic E-state index is -0.509. The third kappa shape index (κ3) is 3.54. The molecule has 1 N–H and O–H groups in total. The maximum atomic E-state index is 12.8. The highest BCUT2D eigenvalue weighted by Crippen LogP contribution is 2.30. The fourth-order valence-electron chi connectivity index (χ4n) is 2.83. The first-order chi connectivity index (χ1) is 12.3. The molecule has 0 aliphatic carbocycles. The van der Waals surface area contributed by atoms with E-state index in [-0.39, 0.29) is 6.04 Å². The van der Waals surface area contributed by atoms with Crippen molar-refractivity contribution in [2.75, 3.05) is 31.1 Å². The predicted octanol–water partition coefficient (Wildman–Crippen LogP) is 2.41. The fraction of sp³-hybridized carbons (Fsp3) is 0.353. The maximum Gasteiger partial charge on any atom is 0.188 e. The van der Waals surface area contributed by atoms with Gasteiger partial charge < -0.3 is 15.0 Å². The first-order valence-corrected chi connectivity index (χ1v) is 8.97. The Bertz CT molecular complexity index is 843. The van der Waals surface area contributed by atoms with Crippen LogP contribution in [0.5, 0.6) is 5.75 Å². The molecule has 0 aromatic carbocycles. The molecule has 3 aromatic rings. The van der Waals surface area contributed by atoms with E-state index in [1.165, 1.54) is 0 Å². The fourth-order valence-corrected chi connectivity index (χ4v) is 3.92. The number of aromatic nitrogens is 3. The van der Waals surface area contributed by atoms with Crippen LogP contribution in [0.4, 0.5) is 9.52 Å². The normalized spacial score (nSPS) is 17.8. The summed E-state index contributed by atoms with van der Waals surface area (Å²) in [6.45, 7) is 2.59. The number of nitrogens with zero attached hydrogens (tertiary/aromatic N) is 4. The maximum absolute atomic E-state index is 12.8. The number of thiazole rings is 1. The molecule has 25 heavy (non-hydrogen) atoms. The average molecular weight is 359 g/mol. The van der Waals surface area contributed by atoms with E-state index in [1.54, 1.807) is 29.9 Å². The van der Waals surface area contributed by atoms with Gasteiger partial charge in [0.05, 0.1) is 16.9 Å². The Morgan fingerprint density at radius 3 is 3.20 bits per heavy atom. The molecule has 1 unspecified atom stereocenters. The summed E-state index contributed by atoms with van der Waals surface area (Å²) in [5, 5.41) is 4.30. The first kappa shape index (κ1) is 16.2. The Kier molecular flexibility index (Phi) is 4.71. The Morgan fingerprint density at radius 2 is 2.36 bits per heavy atom. The highest BCUT2D eigenvalue weighted by Gasteiger charge is 2.26. The van der Waals surface area contributed by atoms with Gasteiger partial charge in [-0.25, -0.2) is 9.37 Å². The number of ether oxygens (including phenoxy) is 1. The number of alkyl halides is 1. The first-order valence-electron chi connectivity index (χ1n) is 8.15. The minimum absolute atomic E-state index is 0.162. The molecule has 8 heteroatoms. The Labute approximate surface area is 148 Å². The van der Waals surface area contributed by atoms with Gasteiger partial charge in [0.2, 0.25) is 0 Å². The molecular formula is C17H18FN5OS. The van der Waals surface area contributed by atoms with Crippen LogP contribution in [0.15, 0.2) is 36.8 Å². The molecule has 130 valence electrons. The molecule has 3 aromatic heterocycles. The summed E-state index contributed by atoms with van der Waals surface area (Å²) in [4.78, 5) is 15.2. The van der Waals surface area contributed by atoms with Crippen LogP contribution in [0, 0.1) is 0 Å². The topological polar surface area (TPSA) is 63.2 Å². The van der Waals surface area contributed by atoms with E-state index in [4.69, 9.17) is 4.74 Å². The number of rotatable bonds is 5. The lowest BCUT2D eigenvalue weighted by Crippen LogP contribution is -2.54. The SMILES string of the molecule is FCc1cnc2nc(N3CCNCC3COc3cccnc3)sc2c1. The Balaban J connectivity index is 1.54. The molecule has 6 nitrogen and oxygen atoms in total. The van der Waals surface area contributed by atoms with E-state index in [0.29, 0.717) is 17.8 Å². The number of fused-ring (bicyclic) bond motifs is 1. The van der Waals surface area contributed by atoms with Crippen LogP contribution >= 0.6 is 11.3 Å². The number of hydrogen-bond acceptors (Lipinski definition) is 7. The number of anilines is 1. The third-order valence-electron chi connectivity index (χ3n) is 4.12. The zero-order valence-corrected chi connectivity index (χ0v) is 14.4. The number of piperazine rings is 1. The summed E-state index contributed by atoms with van der Waals surface area (Å²) in [5.41, 5.74) is 1.25. The van der Waals surface area contributed by atoms with Gasteiger partial charge in [-0.1, -0.05) is 11.3 Å². The van der Waals surface area contributed by atoms with E-state index in [2.05, 4.69) is 25.2 Å². The highest BCUT2D eigenvalue weighted by molar-refractivity contribution is 7.22. The molecule has 0 saturated carbocycles. The van der Waals surface area contributed by atoms with E-state index >= 15 is 0 Å². The Morgan fingerprint density at radius 1 is 1.40 bits per heavy atom.